The fourth-order valence-electron chi connectivity index (χ4n) is 5.03. The zero-order valence-corrected chi connectivity index (χ0v) is 11.6. The molecule has 1 saturated carbocycles. The van der Waals surface area contributed by atoms with Crippen molar-refractivity contribution in [1.29, 1.82) is 0 Å². The molecule has 4 rings (SSSR count). The molecule has 6 atom stereocenters. The summed E-state index contributed by atoms with van der Waals surface area (Å²) in [5, 5.41) is 20.5. The van der Waals surface area contributed by atoms with E-state index in [-0.39, 0.29) is 35.2 Å². The lowest BCUT2D eigenvalue weighted by molar-refractivity contribution is -0.216. The van der Waals surface area contributed by atoms with Crippen LogP contribution < -0.4 is 0 Å². The lowest BCUT2D eigenvalue weighted by Gasteiger charge is -2.57. The first-order valence-corrected chi connectivity index (χ1v) is 7.25. The summed E-state index contributed by atoms with van der Waals surface area (Å²) < 4.78 is 12.0. The number of aliphatic hydroxyl groups is 2. The Morgan fingerprint density at radius 1 is 1.47 bits per heavy atom. The molecule has 3 fully saturated rings. The van der Waals surface area contributed by atoms with Crippen LogP contribution in [0.3, 0.4) is 0 Å². The van der Waals surface area contributed by atoms with Crippen LogP contribution in [0.2, 0.25) is 0 Å². The molecule has 1 spiro atoms. The molecule has 0 aromatic heterocycles. The third kappa shape index (κ3) is 1.16. The van der Waals surface area contributed by atoms with Gasteiger partial charge in [-0.15, -0.1) is 0 Å². The van der Waals surface area contributed by atoms with Crippen LogP contribution in [0, 0.1) is 10.8 Å². The van der Waals surface area contributed by atoms with Gasteiger partial charge in [-0.25, -0.2) is 0 Å². The molecular formula is C15H22O4. The molecule has 0 amide bonds. The molecule has 2 aliphatic heterocycles. The summed E-state index contributed by atoms with van der Waals surface area (Å²) in [4.78, 5) is 0. The highest BCUT2D eigenvalue weighted by Gasteiger charge is 2.80. The van der Waals surface area contributed by atoms with Crippen molar-refractivity contribution in [1.82, 2.24) is 0 Å². The van der Waals surface area contributed by atoms with Crippen LogP contribution >= 0.6 is 0 Å². The molecule has 4 unspecified atom stereocenters. The zero-order chi connectivity index (χ0) is 13.5. The van der Waals surface area contributed by atoms with Crippen LogP contribution in [-0.2, 0) is 9.47 Å². The molecule has 2 heterocycles. The summed E-state index contributed by atoms with van der Waals surface area (Å²) in [6, 6.07) is 0. The molecule has 4 nitrogen and oxygen atoms in total. The van der Waals surface area contributed by atoms with Gasteiger partial charge in [0.25, 0.3) is 0 Å². The van der Waals surface area contributed by atoms with Gasteiger partial charge in [0.1, 0.15) is 11.7 Å². The number of rotatable bonds is 1. The van der Waals surface area contributed by atoms with E-state index >= 15 is 0 Å². The molecule has 19 heavy (non-hydrogen) atoms. The molecule has 2 N–H and O–H groups in total. The molecule has 0 aromatic rings. The number of hydrogen-bond donors (Lipinski definition) is 2. The van der Waals surface area contributed by atoms with Crippen molar-refractivity contribution in [3.05, 3.63) is 11.6 Å². The standard InChI is InChI=1S/C15H22O4/c1-9-3-4-14(7-16)11(5-9)19-12-10(17)6-13(14,2)15(12)8-18-15/h5,10-12,16-17H,3-4,6-8H2,1-2H3/t10-,11?,12?,13?,14-,15?/m1/s1. The van der Waals surface area contributed by atoms with E-state index in [0.717, 1.165) is 12.8 Å². The predicted molar refractivity (Wildman–Crippen MR) is 68.6 cm³/mol. The van der Waals surface area contributed by atoms with E-state index in [9.17, 15) is 10.2 Å². The quantitative estimate of drug-likeness (QED) is 0.549. The van der Waals surface area contributed by atoms with E-state index in [0.29, 0.717) is 13.0 Å². The fraction of sp³-hybridized carbons (Fsp3) is 0.867. The van der Waals surface area contributed by atoms with E-state index in [1.165, 1.54) is 5.57 Å². The van der Waals surface area contributed by atoms with Gasteiger partial charge in [0.15, 0.2) is 0 Å². The molecule has 0 aromatic carbocycles. The SMILES string of the molecule is CC1=CC2OC3[C@H](O)CC(C)(C34CO4)[C@@]2(CO)CC1. The summed E-state index contributed by atoms with van der Waals surface area (Å²) in [6.45, 7) is 5.05. The topological polar surface area (TPSA) is 62.2 Å². The lowest BCUT2D eigenvalue weighted by Crippen LogP contribution is -2.64. The summed E-state index contributed by atoms with van der Waals surface area (Å²) in [6.07, 6.45) is 3.93. The number of ether oxygens (including phenoxy) is 2. The van der Waals surface area contributed by atoms with Crippen molar-refractivity contribution in [2.75, 3.05) is 13.2 Å². The number of fused-ring (bicyclic) bond motifs is 2. The zero-order valence-electron chi connectivity index (χ0n) is 11.6. The smallest absolute Gasteiger partial charge is 0.126 e. The number of aliphatic hydroxyl groups excluding tert-OH is 2. The lowest BCUT2D eigenvalue weighted by atomic mass is 9.52. The van der Waals surface area contributed by atoms with Gasteiger partial charge in [-0.3, -0.25) is 0 Å². The maximum absolute atomic E-state index is 10.4. The van der Waals surface area contributed by atoms with Gasteiger partial charge >= 0.3 is 0 Å². The Morgan fingerprint density at radius 2 is 2.21 bits per heavy atom. The van der Waals surface area contributed by atoms with Gasteiger partial charge in [0.05, 0.1) is 25.4 Å². The van der Waals surface area contributed by atoms with E-state index in [1.54, 1.807) is 0 Å². The normalized spacial score (nSPS) is 58.9. The van der Waals surface area contributed by atoms with Crippen LogP contribution in [0.1, 0.15) is 33.1 Å². The Hall–Kier alpha value is -0.420. The average Bonchev–Trinajstić information content (AvgIpc) is 3.13. The third-order valence-electron chi connectivity index (χ3n) is 6.44. The highest BCUT2D eigenvalue weighted by atomic mass is 16.6. The third-order valence-corrected chi connectivity index (χ3v) is 6.44. The molecule has 4 aliphatic rings. The Labute approximate surface area is 113 Å². The largest absolute Gasteiger partial charge is 0.396 e. The van der Waals surface area contributed by atoms with Crippen molar-refractivity contribution in [3.63, 3.8) is 0 Å². The van der Waals surface area contributed by atoms with E-state index < -0.39 is 6.10 Å². The van der Waals surface area contributed by atoms with Gasteiger partial charge in [-0.1, -0.05) is 18.6 Å². The summed E-state index contributed by atoms with van der Waals surface area (Å²) in [7, 11) is 0. The fourth-order valence-corrected chi connectivity index (χ4v) is 5.03. The average molecular weight is 266 g/mol. The second-order valence-corrected chi connectivity index (χ2v) is 7.09. The first-order valence-electron chi connectivity index (χ1n) is 7.25. The van der Waals surface area contributed by atoms with Gasteiger partial charge < -0.3 is 19.7 Å². The Balaban J connectivity index is 1.87. The Morgan fingerprint density at radius 3 is 2.84 bits per heavy atom. The molecule has 2 saturated heterocycles. The van der Waals surface area contributed by atoms with Crippen molar-refractivity contribution in [2.45, 2.75) is 57.0 Å². The van der Waals surface area contributed by atoms with E-state index in [2.05, 4.69) is 19.9 Å². The monoisotopic (exact) mass is 266 g/mol. The first kappa shape index (κ1) is 12.3. The second-order valence-electron chi connectivity index (χ2n) is 7.09. The minimum Gasteiger partial charge on any atom is -0.396 e. The van der Waals surface area contributed by atoms with Crippen molar-refractivity contribution in [3.8, 4) is 0 Å². The molecule has 0 radical (unpaired) electrons. The van der Waals surface area contributed by atoms with Crippen LogP contribution in [0.4, 0.5) is 0 Å². The number of epoxide rings is 1. The number of hydrogen-bond acceptors (Lipinski definition) is 4. The summed E-state index contributed by atoms with van der Waals surface area (Å²) >= 11 is 0. The van der Waals surface area contributed by atoms with Crippen molar-refractivity contribution in [2.24, 2.45) is 10.8 Å². The minimum atomic E-state index is -0.477. The minimum absolute atomic E-state index is 0.0896. The van der Waals surface area contributed by atoms with Crippen LogP contribution in [0.5, 0.6) is 0 Å². The van der Waals surface area contributed by atoms with Crippen molar-refractivity contribution < 1.29 is 19.7 Å². The predicted octanol–water partition coefficient (Wildman–Crippen LogP) is 1.01. The van der Waals surface area contributed by atoms with Crippen molar-refractivity contribution >= 4 is 0 Å². The summed E-state index contributed by atoms with van der Waals surface area (Å²) in [5.74, 6) is 0. The van der Waals surface area contributed by atoms with E-state index in [4.69, 9.17) is 9.47 Å². The van der Waals surface area contributed by atoms with Crippen LogP contribution in [0.15, 0.2) is 11.6 Å². The first-order chi connectivity index (χ1) is 8.99. The van der Waals surface area contributed by atoms with Gasteiger partial charge in [-0.05, 0) is 26.2 Å². The van der Waals surface area contributed by atoms with Gasteiger partial charge in [0, 0.05) is 10.8 Å². The Bertz CT molecular complexity index is 455. The van der Waals surface area contributed by atoms with Crippen LogP contribution in [-0.4, -0.2) is 47.3 Å². The molecule has 4 heteroatoms. The molecule has 2 aliphatic carbocycles. The number of allylic oxidation sites excluding steroid dienone is 1. The highest BCUT2D eigenvalue weighted by Crippen LogP contribution is 2.71. The van der Waals surface area contributed by atoms with Gasteiger partial charge in [0.2, 0.25) is 0 Å². The molecule has 106 valence electrons. The summed E-state index contributed by atoms with van der Waals surface area (Å²) in [5.41, 5.74) is 0.458. The van der Waals surface area contributed by atoms with Gasteiger partial charge in [-0.2, -0.15) is 0 Å². The second kappa shape index (κ2) is 3.42. The van der Waals surface area contributed by atoms with E-state index in [1.807, 2.05) is 0 Å². The Kier molecular flexibility index (Phi) is 2.22. The maximum atomic E-state index is 10.4. The highest BCUT2D eigenvalue weighted by molar-refractivity contribution is 5.31. The molecule has 2 bridgehead atoms. The molecular weight excluding hydrogens is 244 g/mol. The maximum Gasteiger partial charge on any atom is 0.126 e. The van der Waals surface area contributed by atoms with Crippen LogP contribution in [0.25, 0.3) is 0 Å².